The van der Waals surface area contributed by atoms with Gasteiger partial charge in [-0.1, -0.05) is 5.16 Å². The maximum absolute atomic E-state index is 12.5. The monoisotopic (exact) mass is 374 g/mol. The van der Waals surface area contributed by atoms with E-state index in [9.17, 15) is 18.0 Å². The number of oxime groups is 1. The molecule has 2 N–H and O–H groups in total. The van der Waals surface area contributed by atoms with Gasteiger partial charge in [-0.2, -0.15) is 13.2 Å². The zero-order chi connectivity index (χ0) is 19.3. The molecule has 0 bridgehead atoms. The number of nitrogens with zero attached hydrogens (tertiary/aromatic N) is 5. The molecule has 26 heavy (non-hydrogen) atoms. The first-order valence-corrected chi connectivity index (χ1v) is 8.02. The molecule has 1 atom stereocenters. The first kappa shape index (κ1) is 19.9. The zero-order valence-corrected chi connectivity index (χ0v) is 14.5. The molecule has 1 aliphatic heterocycles. The van der Waals surface area contributed by atoms with Gasteiger partial charge in [-0.05, 0) is 13.8 Å². The summed E-state index contributed by atoms with van der Waals surface area (Å²) in [4.78, 5) is 27.9. The minimum Gasteiger partial charge on any atom is -0.386 e. The number of rotatable bonds is 5. The number of hydrogen-bond acceptors (Lipinski definition) is 7. The van der Waals surface area contributed by atoms with E-state index in [0.717, 1.165) is 12.4 Å². The van der Waals surface area contributed by atoms with Crippen LogP contribution in [0.3, 0.4) is 0 Å². The normalized spacial score (nSPS) is 17.2. The van der Waals surface area contributed by atoms with Crippen molar-refractivity contribution in [1.29, 1.82) is 0 Å². The van der Waals surface area contributed by atoms with E-state index in [4.69, 9.17) is 10.6 Å². The Morgan fingerprint density at radius 3 is 2.38 bits per heavy atom. The summed E-state index contributed by atoms with van der Waals surface area (Å²) in [6.07, 6.45) is -2.95. The Balaban J connectivity index is 1.83. The molecular formula is C15H21F3N6O2. The van der Waals surface area contributed by atoms with E-state index >= 15 is 0 Å². The van der Waals surface area contributed by atoms with Gasteiger partial charge in [-0.25, -0.2) is 9.97 Å². The molecule has 8 nitrogen and oxygen atoms in total. The van der Waals surface area contributed by atoms with Crippen LogP contribution in [-0.4, -0.2) is 65.3 Å². The van der Waals surface area contributed by atoms with Crippen LogP contribution in [0.2, 0.25) is 0 Å². The van der Waals surface area contributed by atoms with E-state index in [1.807, 2.05) is 0 Å². The quantitative estimate of drug-likeness (QED) is 0.607. The second-order valence-electron chi connectivity index (χ2n) is 5.93. The Hall–Kier alpha value is -2.43. The number of nitrogens with two attached hydrogens (primary N) is 1. The third kappa shape index (κ3) is 5.28. The molecule has 1 fully saturated rings. The summed E-state index contributed by atoms with van der Waals surface area (Å²) < 4.78 is 37.6. The van der Waals surface area contributed by atoms with Gasteiger partial charge in [0, 0.05) is 44.6 Å². The molecule has 2 heterocycles. The first-order chi connectivity index (χ1) is 12.2. The van der Waals surface area contributed by atoms with Gasteiger partial charge >= 0.3 is 6.18 Å². The van der Waals surface area contributed by atoms with E-state index < -0.39 is 11.7 Å². The van der Waals surface area contributed by atoms with Gasteiger partial charge in [-0.15, -0.1) is 0 Å². The van der Waals surface area contributed by atoms with Crippen molar-refractivity contribution >= 4 is 17.6 Å². The van der Waals surface area contributed by atoms with Crippen LogP contribution in [0.5, 0.6) is 0 Å². The fourth-order valence-electron chi connectivity index (χ4n) is 2.15. The molecule has 1 saturated heterocycles. The lowest BCUT2D eigenvalue weighted by molar-refractivity contribution is -0.138. The summed E-state index contributed by atoms with van der Waals surface area (Å²) in [6, 6.07) is -0.252. The second kappa shape index (κ2) is 8.30. The summed E-state index contributed by atoms with van der Waals surface area (Å²) in [5.74, 6) is -0.0160. The maximum atomic E-state index is 12.5. The molecule has 1 aromatic rings. The van der Waals surface area contributed by atoms with Gasteiger partial charge in [0.05, 0.1) is 11.3 Å². The lowest BCUT2D eigenvalue weighted by atomic mass is 10.2. The molecule has 0 spiro atoms. The topological polar surface area (TPSA) is 96.9 Å². The standard InChI is InChI=1S/C15H21F3N6O2/c1-10(19)11(2)22-26-9-13(25)23-3-5-24(6-4-23)14-20-7-12(8-21-14)15(16,17)18/h7-8,10H,3-6,9,19H2,1-2H3/b22-11+. The molecule has 0 aliphatic carbocycles. The lowest BCUT2D eigenvalue weighted by Crippen LogP contribution is -2.50. The molecule has 1 aliphatic rings. The summed E-state index contributed by atoms with van der Waals surface area (Å²) in [6.45, 7) is 4.88. The van der Waals surface area contributed by atoms with Crippen LogP contribution < -0.4 is 10.6 Å². The van der Waals surface area contributed by atoms with Crippen molar-refractivity contribution in [3.05, 3.63) is 18.0 Å². The molecular weight excluding hydrogens is 353 g/mol. The predicted octanol–water partition coefficient (Wildman–Crippen LogP) is 0.884. The average molecular weight is 374 g/mol. The third-order valence-corrected chi connectivity index (χ3v) is 3.94. The Morgan fingerprint density at radius 1 is 1.31 bits per heavy atom. The van der Waals surface area contributed by atoms with Gasteiger partial charge < -0.3 is 20.4 Å². The minimum absolute atomic E-state index is 0.194. The molecule has 1 unspecified atom stereocenters. The van der Waals surface area contributed by atoms with Crippen molar-refractivity contribution in [1.82, 2.24) is 14.9 Å². The maximum Gasteiger partial charge on any atom is 0.419 e. The molecule has 0 aromatic carbocycles. The Labute approximate surface area is 148 Å². The number of halogens is 3. The van der Waals surface area contributed by atoms with Gasteiger partial charge in [0.2, 0.25) is 5.95 Å². The number of amides is 1. The zero-order valence-electron chi connectivity index (χ0n) is 14.5. The van der Waals surface area contributed by atoms with Crippen LogP contribution in [0.25, 0.3) is 0 Å². The first-order valence-electron chi connectivity index (χ1n) is 8.02. The highest BCUT2D eigenvalue weighted by Crippen LogP contribution is 2.28. The highest BCUT2D eigenvalue weighted by molar-refractivity contribution is 5.86. The molecule has 0 saturated carbocycles. The average Bonchev–Trinajstić information content (AvgIpc) is 2.61. The minimum atomic E-state index is -4.47. The second-order valence-corrected chi connectivity index (χ2v) is 5.93. The fourth-order valence-corrected chi connectivity index (χ4v) is 2.15. The summed E-state index contributed by atoms with van der Waals surface area (Å²) in [5.41, 5.74) is 5.30. The van der Waals surface area contributed by atoms with Crippen LogP contribution >= 0.6 is 0 Å². The van der Waals surface area contributed by atoms with E-state index in [-0.39, 0.29) is 24.5 Å². The largest absolute Gasteiger partial charge is 0.419 e. The van der Waals surface area contributed by atoms with Gasteiger partial charge in [-0.3, -0.25) is 4.79 Å². The Bertz CT molecular complexity index is 640. The van der Waals surface area contributed by atoms with Crippen molar-refractivity contribution in [2.75, 3.05) is 37.7 Å². The number of carbonyl (C=O) groups excluding carboxylic acids is 1. The Kier molecular flexibility index (Phi) is 6.35. The van der Waals surface area contributed by atoms with Gasteiger partial charge in [0.15, 0.2) is 6.61 Å². The van der Waals surface area contributed by atoms with E-state index in [2.05, 4.69) is 15.1 Å². The molecule has 144 valence electrons. The molecule has 11 heteroatoms. The summed E-state index contributed by atoms with van der Waals surface area (Å²) >= 11 is 0. The van der Waals surface area contributed by atoms with Crippen LogP contribution in [0.15, 0.2) is 17.5 Å². The van der Waals surface area contributed by atoms with Gasteiger partial charge in [0.25, 0.3) is 5.91 Å². The number of alkyl halides is 3. The highest BCUT2D eigenvalue weighted by atomic mass is 19.4. The molecule has 0 radical (unpaired) electrons. The lowest BCUT2D eigenvalue weighted by Gasteiger charge is -2.34. The third-order valence-electron chi connectivity index (χ3n) is 3.94. The predicted molar refractivity (Wildman–Crippen MR) is 88.5 cm³/mol. The van der Waals surface area contributed by atoms with Crippen molar-refractivity contribution in [3.63, 3.8) is 0 Å². The SMILES string of the molecule is C/C(=N\OCC(=O)N1CCN(c2ncc(C(F)(F)F)cn2)CC1)C(C)N. The van der Waals surface area contributed by atoms with Crippen molar-refractivity contribution in [3.8, 4) is 0 Å². The summed E-state index contributed by atoms with van der Waals surface area (Å²) in [7, 11) is 0. The molecule has 1 amide bonds. The van der Waals surface area contributed by atoms with E-state index in [1.54, 1.807) is 23.6 Å². The van der Waals surface area contributed by atoms with Crippen LogP contribution in [0.4, 0.5) is 19.1 Å². The Morgan fingerprint density at radius 2 is 1.88 bits per heavy atom. The van der Waals surface area contributed by atoms with E-state index in [1.165, 1.54) is 0 Å². The summed E-state index contributed by atoms with van der Waals surface area (Å²) in [5, 5.41) is 3.77. The number of aromatic nitrogens is 2. The van der Waals surface area contributed by atoms with Gasteiger partial charge in [0.1, 0.15) is 0 Å². The van der Waals surface area contributed by atoms with E-state index in [0.29, 0.717) is 31.9 Å². The van der Waals surface area contributed by atoms with Crippen LogP contribution in [-0.2, 0) is 15.8 Å². The van der Waals surface area contributed by atoms with Crippen LogP contribution in [0.1, 0.15) is 19.4 Å². The number of piperazine rings is 1. The van der Waals surface area contributed by atoms with Crippen LogP contribution in [0, 0.1) is 0 Å². The number of carbonyl (C=O) groups is 1. The number of hydrogen-bond donors (Lipinski definition) is 1. The fraction of sp³-hybridized carbons (Fsp3) is 0.600. The highest BCUT2D eigenvalue weighted by Gasteiger charge is 2.32. The molecule has 1 aromatic heterocycles. The van der Waals surface area contributed by atoms with Crippen molar-refractivity contribution < 1.29 is 22.8 Å². The molecule has 2 rings (SSSR count). The van der Waals surface area contributed by atoms with Crippen molar-refractivity contribution in [2.45, 2.75) is 26.1 Å². The van der Waals surface area contributed by atoms with Crippen molar-refractivity contribution in [2.24, 2.45) is 10.9 Å². The number of anilines is 1. The smallest absolute Gasteiger partial charge is 0.386 e.